The highest BCUT2D eigenvalue weighted by atomic mass is 16.4. The zero-order chi connectivity index (χ0) is 16.8. The summed E-state index contributed by atoms with van der Waals surface area (Å²) in [6.07, 6.45) is 1.37. The van der Waals surface area contributed by atoms with Gasteiger partial charge in [-0.25, -0.2) is 0 Å². The lowest BCUT2D eigenvalue weighted by Crippen LogP contribution is -2.35. The van der Waals surface area contributed by atoms with Crippen molar-refractivity contribution in [3.8, 4) is 0 Å². The number of nitrogens with one attached hydrogen (secondary N) is 1. The highest BCUT2D eigenvalue weighted by Crippen LogP contribution is 2.14. The first-order valence-corrected chi connectivity index (χ1v) is 7.04. The monoisotopic (exact) mass is 309 g/mol. The Morgan fingerprint density at radius 2 is 1.61 bits per heavy atom. The van der Waals surface area contributed by atoms with Crippen LogP contribution in [0.1, 0.15) is 15.9 Å². The third-order valence-electron chi connectivity index (χ3n) is 3.22. The van der Waals surface area contributed by atoms with E-state index in [0.29, 0.717) is 11.1 Å². The van der Waals surface area contributed by atoms with Gasteiger partial charge >= 0.3 is 0 Å². The van der Waals surface area contributed by atoms with Gasteiger partial charge in [-0.15, -0.1) is 0 Å². The number of carbonyl (C=O) groups is 2. The van der Waals surface area contributed by atoms with Crippen LogP contribution in [-0.4, -0.2) is 26.0 Å². The largest absolute Gasteiger partial charge is 0.543 e. The van der Waals surface area contributed by atoms with Crippen LogP contribution >= 0.6 is 0 Å². The third kappa shape index (κ3) is 4.44. The van der Waals surface area contributed by atoms with Gasteiger partial charge < -0.3 is 20.1 Å². The molecule has 0 radical (unpaired) electrons. The van der Waals surface area contributed by atoms with Crippen LogP contribution in [0.5, 0.6) is 0 Å². The predicted octanol–water partition coefficient (Wildman–Crippen LogP) is 1.27. The molecule has 5 nitrogen and oxygen atoms in total. The molecule has 0 heterocycles. The van der Waals surface area contributed by atoms with E-state index in [0.717, 1.165) is 5.69 Å². The van der Waals surface area contributed by atoms with E-state index in [2.05, 4.69) is 5.32 Å². The molecule has 0 aliphatic carbocycles. The average molecular weight is 309 g/mol. The van der Waals surface area contributed by atoms with Gasteiger partial charge in [0.15, 0.2) is 0 Å². The van der Waals surface area contributed by atoms with E-state index in [-0.39, 0.29) is 5.70 Å². The normalized spacial score (nSPS) is 11.0. The average Bonchev–Trinajstić information content (AvgIpc) is 2.55. The standard InChI is InChI=1S/C18H18N2O3/c1-20(2)15-10-8-13(9-11-15)12-16(18(22)23)19-17(21)14-6-4-3-5-7-14/h3-12H,1-2H3,(H,19,21)(H,22,23)/p-1/b16-12+. The molecular formula is C18H17N2O3-. The number of hydrogen-bond donors (Lipinski definition) is 1. The number of aliphatic carboxylic acids is 1. The Hall–Kier alpha value is -3.08. The highest BCUT2D eigenvalue weighted by Gasteiger charge is 2.08. The van der Waals surface area contributed by atoms with Crippen molar-refractivity contribution in [2.75, 3.05) is 19.0 Å². The number of nitrogens with zero attached hydrogens (tertiary/aromatic N) is 1. The topological polar surface area (TPSA) is 72.5 Å². The first kappa shape index (κ1) is 16.3. The van der Waals surface area contributed by atoms with E-state index in [1.54, 1.807) is 42.5 Å². The Morgan fingerprint density at radius 3 is 2.13 bits per heavy atom. The quantitative estimate of drug-likeness (QED) is 0.844. The van der Waals surface area contributed by atoms with Crippen LogP contribution in [0.3, 0.4) is 0 Å². The molecule has 0 fully saturated rings. The van der Waals surface area contributed by atoms with Crippen molar-refractivity contribution < 1.29 is 14.7 Å². The van der Waals surface area contributed by atoms with Crippen LogP contribution in [0.4, 0.5) is 5.69 Å². The Labute approximate surface area is 134 Å². The molecule has 0 aliphatic rings. The number of carboxylic acids is 1. The van der Waals surface area contributed by atoms with Crippen LogP contribution in [-0.2, 0) is 4.79 Å². The molecular weight excluding hydrogens is 292 g/mol. The summed E-state index contributed by atoms with van der Waals surface area (Å²) in [5.41, 5.74) is 1.74. The van der Waals surface area contributed by atoms with Crippen molar-refractivity contribution in [2.24, 2.45) is 0 Å². The van der Waals surface area contributed by atoms with Crippen molar-refractivity contribution in [3.05, 3.63) is 71.4 Å². The number of amides is 1. The summed E-state index contributed by atoms with van der Waals surface area (Å²) in [7, 11) is 3.83. The minimum absolute atomic E-state index is 0.281. The van der Waals surface area contributed by atoms with Gasteiger partial charge in [-0.1, -0.05) is 30.3 Å². The SMILES string of the molecule is CN(C)c1ccc(/C=C(/NC(=O)c2ccccc2)C(=O)[O-])cc1. The van der Waals surface area contributed by atoms with E-state index in [1.807, 2.05) is 31.1 Å². The molecule has 0 saturated heterocycles. The lowest BCUT2D eigenvalue weighted by Gasteiger charge is -2.13. The molecule has 2 aromatic carbocycles. The molecule has 0 spiro atoms. The molecule has 0 unspecified atom stereocenters. The Morgan fingerprint density at radius 1 is 1.00 bits per heavy atom. The van der Waals surface area contributed by atoms with Gasteiger partial charge in [0.05, 0.1) is 11.7 Å². The molecule has 1 amide bonds. The van der Waals surface area contributed by atoms with Crippen LogP contribution in [0.25, 0.3) is 6.08 Å². The molecule has 0 aliphatic heterocycles. The van der Waals surface area contributed by atoms with Crippen LogP contribution < -0.4 is 15.3 Å². The lowest BCUT2D eigenvalue weighted by molar-refractivity contribution is -0.299. The first-order chi connectivity index (χ1) is 11.0. The Balaban J connectivity index is 2.21. The summed E-state index contributed by atoms with van der Waals surface area (Å²) in [6.45, 7) is 0. The second kappa shape index (κ2) is 7.26. The highest BCUT2D eigenvalue weighted by molar-refractivity contribution is 6.02. The van der Waals surface area contributed by atoms with Gasteiger partial charge in [0.2, 0.25) is 0 Å². The van der Waals surface area contributed by atoms with Crippen molar-refractivity contribution in [1.29, 1.82) is 0 Å². The van der Waals surface area contributed by atoms with Gasteiger partial charge in [-0.2, -0.15) is 0 Å². The van der Waals surface area contributed by atoms with Crippen molar-refractivity contribution >= 4 is 23.6 Å². The van der Waals surface area contributed by atoms with Crippen LogP contribution in [0, 0.1) is 0 Å². The van der Waals surface area contributed by atoms with Crippen molar-refractivity contribution in [2.45, 2.75) is 0 Å². The zero-order valence-electron chi connectivity index (χ0n) is 12.9. The fourth-order valence-electron chi connectivity index (χ4n) is 1.97. The van der Waals surface area contributed by atoms with E-state index in [9.17, 15) is 14.7 Å². The minimum atomic E-state index is -1.44. The van der Waals surface area contributed by atoms with Crippen LogP contribution in [0.2, 0.25) is 0 Å². The molecule has 0 bridgehead atoms. The zero-order valence-corrected chi connectivity index (χ0v) is 12.9. The maximum absolute atomic E-state index is 12.0. The molecule has 118 valence electrons. The van der Waals surface area contributed by atoms with Gasteiger partial charge in [0, 0.05) is 25.3 Å². The summed E-state index contributed by atoms with van der Waals surface area (Å²) in [5, 5.41) is 13.6. The fraction of sp³-hybridized carbons (Fsp3) is 0.111. The number of anilines is 1. The van der Waals surface area contributed by atoms with Gasteiger partial charge in [0.25, 0.3) is 5.91 Å². The fourth-order valence-corrected chi connectivity index (χ4v) is 1.97. The molecule has 23 heavy (non-hydrogen) atoms. The molecule has 1 N–H and O–H groups in total. The van der Waals surface area contributed by atoms with Gasteiger partial charge in [0.1, 0.15) is 0 Å². The summed E-state index contributed by atoms with van der Waals surface area (Å²) < 4.78 is 0. The summed E-state index contributed by atoms with van der Waals surface area (Å²) in [5.74, 6) is -1.93. The second-order valence-electron chi connectivity index (χ2n) is 5.15. The van der Waals surface area contributed by atoms with E-state index >= 15 is 0 Å². The Kier molecular flexibility index (Phi) is 5.15. The van der Waals surface area contributed by atoms with Crippen molar-refractivity contribution in [1.82, 2.24) is 5.32 Å². The van der Waals surface area contributed by atoms with E-state index in [4.69, 9.17) is 0 Å². The summed E-state index contributed by atoms with van der Waals surface area (Å²) in [6, 6.07) is 15.7. The smallest absolute Gasteiger partial charge is 0.255 e. The molecule has 5 heteroatoms. The molecule has 0 atom stereocenters. The molecule has 0 saturated carbocycles. The molecule has 2 aromatic rings. The number of rotatable bonds is 5. The van der Waals surface area contributed by atoms with Gasteiger partial charge in [-0.3, -0.25) is 4.79 Å². The lowest BCUT2D eigenvalue weighted by atomic mass is 10.1. The maximum atomic E-state index is 12.0. The first-order valence-electron chi connectivity index (χ1n) is 7.04. The van der Waals surface area contributed by atoms with E-state index in [1.165, 1.54) is 6.08 Å². The summed E-state index contributed by atoms with van der Waals surface area (Å²) in [4.78, 5) is 25.2. The molecule has 2 rings (SSSR count). The number of benzene rings is 2. The van der Waals surface area contributed by atoms with Crippen LogP contribution in [0.15, 0.2) is 60.3 Å². The minimum Gasteiger partial charge on any atom is -0.543 e. The molecule has 0 aromatic heterocycles. The second-order valence-corrected chi connectivity index (χ2v) is 5.15. The third-order valence-corrected chi connectivity index (χ3v) is 3.22. The Bertz CT molecular complexity index is 720. The van der Waals surface area contributed by atoms with Gasteiger partial charge in [-0.05, 0) is 35.9 Å². The predicted molar refractivity (Wildman–Crippen MR) is 87.7 cm³/mol. The summed E-state index contributed by atoms with van der Waals surface area (Å²) >= 11 is 0. The van der Waals surface area contributed by atoms with E-state index < -0.39 is 11.9 Å². The number of carboxylic acid groups (broad SMARTS) is 1. The maximum Gasteiger partial charge on any atom is 0.255 e. The number of hydrogen-bond acceptors (Lipinski definition) is 4. The number of carbonyl (C=O) groups excluding carboxylic acids is 2. The van der Waals surface area contributed by atoms with Crippen molar-refractivity contribution in [3.63, 3.8) is 0 Å².